The summed E-state index contributed by atoms with van der Waals surface area (Å²) in [7, 11) is 0. The van der Waals surface area contributed by atoms with Crippen LogP contribution in [0.2, 0.25) is 0 Å². The van der Waals surface area contributed by atoms with E-state index in [-0.39, 0.29) is 23.0 Å². The van der Waals surface area contributed by atoms with Crippen LogP contribution in [0.4, 0.5) is 10.5 Å². The third kappa shape index (κ3) is 3.65. The van der Waals surface area contributed by atoms with Crippen molar-refractivity contribution in [3.63, 3.8) is 0 Å². The molecule has 2 amide bonds. The fourth-order valence-corrected chi connectivity index (χ4v) is 2.79. The van der Waals surface area contributed by atoms with Crippen molar-refractivity contribution in [1.29, 1.82) is 0 Å². The number of carbonyl (C=O) groups excluding carboxylic acids is 1. The highest BCUT2D eigenvalue weighted by Crippen LogP contribution is 2.26. The number of piperidine rings is 1. The number of carboxylic acid groups (broad SMARTS) is 1. The molecule has 0 aromatic heterocycles. The average molecular weight is 292 g/mol. The molecule has 21 heavy (non-hydrogen) atoms. The van der Waals surface area contributed by atoms with Gasteiger partial charge in [-0.15, -0.1) is 0 Å². The van der Waals surface area contributed by atoms with Gasteiger partial charge in [0.25, 0.3) is 0 Å². The Morgan fingerprint density at radius 1 is 1.24 bits per heavy atom. The van der Waals surface area contributed by atoms with Gasteiger partial charge in [-0.1, -0.05) is 13.8 Å². The standard InChI is InChI=1S/C15H20N2O4/c1-9-5-10(2)8-17(7-9)15(21)16-12-4-3-11(14(19)20)6-13(12)18/h3-4,6,9-10,18H,5,7-8H2,1-2H3,(H,16,21)(H,19,20). The maximum absolute atomic E-state index is 12.2. The SMILES string of the molecule is CC1CC(C)CN(C(=O)Nc2ccc(C(=O)O)cc2O)C1. The molecule has 1 fully saturated rings. The maximum Gasteiger partial charge on any atom is 0.335 e. The molecule has 1 aliphatic rings. The number of carbonyl (C=O) groups is 2. The Bertz CT molecular complexity index is 549. The van der Waals surface area contributed by atoms with Crippen LogP contribution in [0.15, 0.2) is 18.2 Å². The third-order valence-electron chi connectivity index (χ3n) is 3.64. The van der Waals surface area contributed by atoms with Gasteiger partial charge in [0.15, 0.2) is 0 Å². The first-order valence-corrected chi connectivity index (χ1v) is 6.99. The van der Waals surface area contributed by atoms with E-state index in [4.69, 9.17) is 5.11 Å². The second-order valence-corrected chi connectivity index (χ2v) is 5.82. The molecule has 0 bridgehead atoms. The molecule has 6 heteroatoms. The molecule has 1 saturated heterocycles. The number of phenolic OH excluding ortho intramolecular Hbond substituents is 1. The highest BCUT2D eigenvalue weighted by molar-refractivity contribution is 5.93. The number of likely N-dealkylation sites (tertiary alicyclic amines) is 1. The Morgan fingerprint density at radius 3 is 2.38 bits per heavy atom. The molecule has 6 nitrogen and oxygen atoms in total. The molecule has 2 unspecified atom stereocenters. The summed E-state index contributed by atoms with van der Waals surface area (Å²) in [4.78, 5) is 24.7. The number of rotatable bonds is 2. The van der Waals surface area contributed by atoms with E-state index >= 15 is 0 Å². The van der Waals surface area contributed by atoms with Gasteiger partial charge in [0, 0.05) is 13.1 Å². The fourth-order valence-electron chi connectivity index (χ4n) is 2.79. The summed E-state index contributed by atoms with van der Waals surface area (Å²) in [6.07, 6.45) is 1.10. The molecule has 1 aromatic rings. The second kappa shape index (κ2) is 6.03. The molecule has 114 valence electrons. The van der Waals surface area contributed by atoms with Gasteiger partial charge in [-0.3, -0.25) is 0 Å². The van der Waals surface area contributed by atoms with Crippen LogP contribution in [0.25, 0.3) is 0 Å². The number of benzene rings is 1. The van der Waals surface area contributed by atoms with Crippen LogP contribution in [0.5, 0.6) is 5.75 Å². The van der Waals surface area contributed by atoms with Gasteiger partial charge in [0.05, 0.1) is 11.3 Å². The quantitative estimate of drug-likeness (QED) is 0.731. The largest absolute Gasteiger partial charge is 0.506 e. The number of hydrogen-bond donors (Lipinski definition) is 3. The number of aromatic hydroxyl groups is 1. The van der Waals surface area contributed by atoms with E-state index in [2.05, 4.69) is 19.2 Å². The van der Waals surface area contributed by atoms with Crippen LogP contribution in [0.1, 0.15) is 30.6 Å². The van der Waals surface area contributed by atoms with Crippen LogP contribution >= 0.6 is 0 Å². The maximum atomic E-state index is 12.2. The Balaban J connectivity index is 2.07. The predicted octanol–water partition coefficient (Wildman–Crippen LogP) is 2.60. The van der Waals surface area contributed by atoms with Gasteiger partial charge in [0.1, 0.15) is 5.75 Å². The van der Waals surface area contributed by atoms with Gasteiger partial charge in [0.2, 0.25) is 0 Å². The molecule has 3 N–H and O–H groups in total. The number of hydrogen-bond acceptors (Lipinski definition) is 3. The van der Waals surface area contributed by atoms with Crippen LogP contribution in [-0.4, -0.2) is 40.2 Å². The van der Waals surface area contributed by atoms with E-state index < -0.39 is 5.97 Å². The lowest BCUT2D eigenvalue weighted by molar-refractivity contribution is 0.0696. The number of aromatic carboxylic acids is 1. The number of carboxylic acids is 1. The molecule has 1 heterocycles. The van der Waals surface area contributed by atoms with E-state index in [9.17, 15) is 14.7 Å². The molecule has 1 aromatic carbocycles. The Morgan fingerprint density at radius 2 is 1.86 bits per heavy atom. The number of urea groups is 1. The number of nitrogens with one attached hydrogen (secondary N) is 1. The van der Waals surface area contributed by atoms with Crippen LogP contribution in [0, 0.1) is 11.8 Å². The zero-order valence-corrected chi connectivity index (χ0v) is 12.2. The van der Waals surface area contributed by atoms with Crippen molar-refractivity contribution in [2.24, 2.45) is 11.8 Å². The molecule has 0 saturated carbocycles. The zero-order valence-electron chi connectivity index (χ0n) is 12.2. The molecular weight excluding hydrogens is 272 g/mol. The van der Waals surface area contributed by atoms with Crippen LogP contribution in [-0.2, 0) is 0 Å². The van der Waals surface area contributed by atoms with Gasteiger partial charge in [-0.2, -0.15) is 0 Å². The summed E-state index contributed by atoms with van der Waals surface area (Å²) >= 11 is 0. The van der Waals surface area contributed by atoms with E-state index in [0.717, 1.165) is 12.5 Å². The number of amides is 2. The van der Waals surface area contributed by atoms with E-state index in [0.29, 0.717) is 24.9 Å². The van der Waals surface area contributed by atoms with Crippen LogP contribution < -0.4 is 5.32 Å². The summed E-state index contributed by atoms with van der Waals surface area (Å²) in [6.45, 7) is 5.58. The molecule has 0 radical (unpaired) electrons. The van der Waals surface area contributed by atoms with Crippen molar-refractivity contribution in [3.8, 4) is 5.75 Å². The first-order valence-electron chi connectivity index (χ1n) is 6.99. The van der Waals surface area contributed by atoms with Gasteiger partial charge < -0.3 is 20.4 Å². The lowest BCUT2D eigenvalue weighted by atomic mass is 9.92. The summed E-state index contributed by atoms with van der Waals surface area (Å²) in [5, 5.41) is 21.3. The minimum atomic E-state index is -1.12. The van der Waals surface area contributed by atoms with E-state index in [1.165, 1.54) is 12.1 Å². The Labute approximate surface area is 123 Å². The Hall–Kier alpha value is -2.24. The summed E-state index contributed by atoms with van der Waals surface area (Å²) in [6, 6.07) is 3.60. The summed E-state index contributed by atoms with van der Waals surface area (Å²) in [5.41, 5.74) is 0.196. The number of phenols is 1. The first-order chi connectivity index (χ1) is 9.86. The van der Waals surface area contributed by atoms with Crippen LogP contribution in [0.3, 0.4) is 0 Å². The highest BCUT2D eigenvalue weighted by Gasteiger charge is 2.25. The predicted molar refractivity (Wildman–Crippen MR) is 78.6 cm³/mol. The van der Waals surface area contributed by atoms with Crippen molar-refractivity contribution < 1.29 is 19.8 Å². The van der Waals surface area contributed by atoms with E-state index in [1.54, 1.807) is 4.90 Å². The average Bonchev–Trinajstić information content (AvgIpc) is 2.39. The topological polar surface area (TPSA) is 89.9 Å². The monoisotopic (exact) mass is 292 g/mol. The van der Waals surface area contributed by atoms with Gasteiger partial charge in [-0.05, 0) is 36.5 Å². The highest BCUT2D eigenvalue weighted by atomic mass is 16.4. The molecular formula is C15H20N2O4. The normalized spacial score (nSPS) is 21.9. The van der Waals surface area contributed by atoms with E-state index in [1.807, 2.05) is 0 Å². The number of anilines is 1. The van der Waals surface area contributed by atoms with Crippen molar-refractivity contribution in [3.05, 3.63) is 23.8 Å². The smallest absolute Gasteiger partial charge is 0.335 e. The summed E-state index contributed by atoms with van der Waals surface area (Å²) in [5.74, 6) is -0.479. The minimum absolute atomic E-state index is 0.0225. The van der Waals surface area contributed by atoms with Crippen molar-refractivity contribution in [2.45, 2.75) is 20.3 Å². The first kappa shape index (κ1) is 15.2. The number of nitrogens with zero attached hydrogens (tertiary/aromatic N) is 1. The van der Waals surface area contributed by atoms with Crippen molar-refractivity contribution in [2.75, 3.05) is 18.4 Å². The minimum Gasteiger partial charge on any atom is -0.506 e. The van der Waals surface area contributed by atoms with Crippen molar-refractivity contribution in [1.82, 2.24) is 4.90 Å². The van der Waals surface area contributed by atoms with Gasteiger partial charge >= 0.3 is 12.0 Å². The lowest BCUT2D eigenvalue weighted by Gasteiger charge is -2.34. The molecule has 2 atom stereocenters. The molecule has 0 aliphatic carbocycles. The molecule has 1 aliphatic heterocycles. The second-order valence-electron chi connectivity index (χ2n) is 5.82. The zero-order chi connectivity index (χ0) is 15.6. The van der Waals surface area contributed by atoms with Gasteiger partial charge in [-0.25, -0.2) is 9.59 Å². The lowest BCUT2D eigenvalue weighted by Crippen LogP contribution is -2.44. The molecule has 2 rings (SSSR count). The van der Waals surface area contributed by atoms with Crippen molar-refractivity contribution >= 4 is 17.7 Å². The molecule has 0 spiro atoms. The fraction of sp³-hybridized carbons (Fsp3) is 0.467. The summed E-state index contributed by atoms with van der Waals surface area (Å²) < 4.78 is 0. The third-order valence-corrected chi connectivity index (χ3v) is 3.64. The Kier molecular flexibility index (Phi) is 4.35.